The van der Waals surface area contributed by atoms with Gasteiger partial charge in [0.25, 0.3) is 5.95 Å². The zero-order chi connectivity index (χ0) is 20.8. The minimum Gasteiger partial charge on any atom is -0.337 e. The average molecular weight is 402 g/mol. The van der Waals surface area contributed by atoms with Gasteiger partial charge in [0, 0.05) is 10.9 Å². The second-order valence-corrected chi connectivity index (χ2v) is 7.56. The minimum absolute atomic E-state index is 0.345. The zero-order valence-electron chi connectivity index (χ0n) is 16.8. The molecule has 148 valence electrons. The summed E-state index contributed by atoms with van der Waals surface area (Å²) in [5, 5.41) is 18.7. The molecule has 0 saturated heterocycles. The number of fused-ring (bicyclic) bond motifs is 5. The van der Waals surface area contributed by atoms with Gasteiger partial charge in [-0.2, -0.15) is 10.1 Å². The minimum atomic E-state index is 0.345. The topological polar surface area (TPSA) is 78.9 Å². The fourth-order valence-electron chi connectivity index (χ4n) is 4.13. The highest BCUT2D eigenvalue weighted by molar-refractivity contribution is 6.13. The van der Waals surface area contributed by atoms with Gasteiger partial charge in [0.05, 0.1) is 11.7 Å². The van der Waals surface area contributed by atoms with Crippen LogP contribution in [0.15, 0.2) is 77.9 Å². The van der Waals surface area contributed by atoms with E-state index in [-0.39, 0.29) is 0 Å². The summed E-state index contributed by atoms with van der Waals surface area (Å²) in [7, 11) is 0. The number of hydrogen-bond acceptors (Lipinski definition) is 5. The molecule has 31 heavy (non-hydrogen) atoms. The largest absolute Gasteiger partial charge is 0.337 e. The van der Waals surface area contributed by atoms with E-state index in [1.54, 1.807) is 0 Å². The average Bonchev–Trinajstić information content (AvgIpc) is 3.18. The molecule has 0 fully saturated rings. The van der Waals surface area contributed by atoms with Gasteiger partial charge in [0.15, 0.2) is 5.65 Å². The van der Waals surface area contributed by atoms with E-state index >= 15 is 0 Å². The molecule has 2 aromatic heterocycles. The molecule has 6 rings (SSSR count). The Bertz CT molecular complexity index is 1580. The predicted molar refractivity (Wildman–Crippen MR) is 127 cm³/mol. The molecule has 0 spiro atoms. The van der Waals surface area contributed by atoms with Crippen LogP contribution >= 0.6 is 0 Å². The van der Waals surface area contributed by atoms with Crippen LogP contribution in [0.3, 0.4) is 0 Å². The van der Waals surface area contributed by atoms with Gasteiger partial charge in [-0.25, -0.2) is 5.43 Å². The standard InChI is InChI=1S/C25H18N6/c1-15-7-6-12-20-22(15)27-24-23(20)29-31-25(28-24)30-26-14-21-18-10-4-2-8-16(18)13-17-9-3-5-11-19(17)21/h2-14H,1H3,(H2,27,28,30,31)/b26-14-. The van der Waals surface area contributed by atoms with E-state index in [2.05, 4.69) is 74.0 Å². The van der Waals surface area contributed by atoms with Crippen LogP contribution in [0, 0.1) is 6.92 Å². The molecule has 2 N–H and O–H groups in total. The highest BCUT2D eigenvalue weighted by Gasteiger charge is 2.10. The Morgan fingerprint density at radius 2 is 1.55 bits per heavy atom. The first kappa shape index (κ1) is 17.5. The normalized spacial score (nSPS) is 11.9. The summed E-state index contributed by atoms with van der Waals surface area (Å²) in [6, 6.07) is 24.9. The van der Waals surface area contributed by atoms with Gasteiger partial charge in [-0.15, -0.1) is 10.2 Å². The van der Waals surface area contributed by atoms with Crippen molar-refractivity contribution in [2.45, 2.75) is 6.92 Å². The second-order valence-electron chi connectivity index (χ2n) is 7.56. The molecule has 6 nitrogen and oxygen atoms in total. The molecule has 0 unspecified atom stereocenters. The van der Waals surface area contributed by atoms with E-state index in [4.69, 9.17) is 0 Å². The van der Waals surface area contributed by atoms with Crippen molar-refractivity contribution in [2.24, 2.45) is 5.10 Å². The Labute approximate surface area is 177 Å². The summed E-state index contributed by atoms with van der Waals surface area (Å²) in [5.41, 5.74) is 7.61. The van der Waals surface area contributed by atoms with Crippen molar-refractivity contribution in [2.75, 3.05) is 5.43 Å². The van der Waals surface area contributed by atoms with Gasteiger partial charge >= 0.3 is 0 Å². The van der Waals surface area contributed by atoms with E-state index in [0.717, 1.165) is 38.3 Å². The zero-order valence-corrected chi connectivity index (χ0v) is 16.8. The van der Waals surface area contributed by atoms with Crippen LogP contribution in [0.4, 0.5) is 5.95 Å². The third-order valence-corrected chi connectivity index (χ3v) is 5.63. The first-order valence-corrected chi connectivity index (χ1v) is 10.1. The van der Waals surface area contributed by atoms with Crippen LogP contribution in [0.1, 0.15) is 11.1 Å². The van der Waals surface area contributed by atoms with Crippen LogP contribution in [0.2, 0.25) is 0 Å². The molecule has 0 amide bonds. The number of nitrogens with zero attached hydrogens (tertiary/aromatic N) is 4. The van der Waals surface area contributed by atoms with Crippen molar-refractivity contribution >= 4 is 55.8 Å². The van der Waals surface area contributed by atoms with Crippen molar-refractivity contribution in [3.63, 3.8) is 0 Å². The number of rotatable bonds is 3. The molecule has 6 aromatic rings. The molecule has 0 aliphatic heterocycles. The maximum atomic E-state index is 4.56. The Hall–Kier alpha value is -4.32. The quantitative estimate of drug-likeness (QED) is 0.230. The van der Waals surface area contributed by atoms with Crippen LogP contribution < -0.4 is 5.43 Å². The molecular weight excluding hydrogens is 384 g/mol. The van der Waals surface area contributed by atoms with E-state index < -0.39 is 0 Å². The van der Waals surface area contributed by atoms with Crippen molar-refractivity contribution in [1.29, 1.82) is 0 Å². The molecule has 0 saturated carbocycles. The Kier molecular flexibility index (Phi) is 3.89. The molecule has 2 heterocycles. The molecule has 0 atom stereocenters. The highest BCUT2D eigenvalue weighted by atomic mass is 15.4. The predicted octanol–water partition coefficient (Wildman–Crippen LogP) is 5.57. The molecule has 0 aliphatic carbocycles. The van der Waals surface area contributed by atoms with Crippen LogP contribution in [-0.2, 0) is 0 Å². The molecular formula is C25H18N6. The van der Waals surface area contributed by atoms with Crippen molar-refractivity contribution in [3.8, 4) is 0 Å². The van der Waals surface area contributed by atoms with E-state index in [1.165, 1.54) is 10.8 Å². The Morgan fingerprint density at radius 3 is 2.32 bits per heavy atom. The summed E-state index contributed by atoms with van der Waals surface area (Å²) >= 11 is 0. The van der Waals surface area contributed by atoms with Crippen LogP contribution in [0.5, 0.6) is 0 Å². The summed E-state index contributed by atoms with van der Waals surface area (Å²) in [5.74, 6) is 0.345. The number of aromatic nitrogens is 4. The lowest BCUT2D eigenvalue weighted by molar-refractivity contribution is 1.01. The number of aromatic amines is 1. The SMILES string of the molecule is Cc1cccc2c1[nH]c1nc(N/N=C\c3c4ccccc4cc4ccccc34)nnc12. The van der Waals surface area contributed by atoms with Gasteiger partial charge in [0.1, 0.15) is 5.52 Å². The van der Waals surface area contributed by atoms with Gasteiger partial charge in [-0.05, 0) is 40.1 Å². The van der Waals surface area contributed by atoms with Crippen LogP contribution in [-0.4, -0.2) is 26.4 Å². The summed E-state index contributed by atoms with van der Waals surface area (Å²) < 4.78 is 0. The number of H-pyrrole nitrogens is 1. The monoisotopic (exact) mass is 402 g/mol. The van der Waals surface area contributed by atoms with Gasteiger partial charge in [0.2, 0.25) is 0 Å². The lowest BCUT2D eigenvalue weighted by Crippen LogP contribution is -1.99. The molecule has 0 aliphatic rings. The Morgan fingerprint density at radius 1 is 0.839 bits per heavy atom. The number of aryl methyl sites for hydroxylation is 1. The molecule has 6 heteroatoms. The fourth-order valence-corrected chi connectivity index (χ4v) is 4.13. The summed E-state index contributed by atoms with van der Waals surface area (Å²) in [4.78, 5) is 7.89. The smallest absolute Gasteiger partial charge is 0.265 e. The maximum absolute atomic E-state index is 4.56. The summed E-state index contributed by atoms with van der Waals surface area (Å²) in [6.45, 7) is 2.06. The number of hydrazone groups is 1. The highest BCUT2D eigenvalue weighted by Crippen LogP contribution is 2.27. The molecule has 4 aromatic carbocycles. The second kappa shape index (κ2) is 6.88. The van der Waals surface area contributed by atoms with E-state index in [1.807, 2.05) is 42.6 Å². The van der Waals surface area contributed by atoms with Gasteiger partial charge in [-0.3, -0.25) is 0 Å². The first-order chi connectivity index (χ1) is 15.3. The van der Waals surface area contributed by atoms with E-state index in [0.29, 0.717) is 11.6 Å². The van der Waals surface area contributed by atoms with E-state index in [9.17, 15) is 0 Å². The molecule has 0 radical (unpaired) electrons. The lowest BCUT2D eigenvalue weighted by atomic mass is 9.97. The third-order valence-electron chi connectivity index (χ3n) is 5.63. The number of hydrogen-bond donors (Lipinski definition) is 2. The van der Waals surface area contributed by atoms with Crippen molar-refractivity contribution in [3.05, 3.63) is 83.9 Å². The van der Waals surface area contributed by atoms with Crippen molar-refractivity contribution in [1.82, 2.24) is 20.2 Å². The number of benzene rings is 4. The maximum Gasteiger partial charge on any atom is 0.265 e. The summed E-state index contributed by atoms with van der Waals surface area (Å²) in [6.07, 6.45) is 1.83. The van der Waals surface area contributed by atoms with Gasteiger partial charge in [-0.1, -0.05) is 66.7 Å². The lowest BCUT2D eigenvalue weighted by Gasteiger charge is -2.07. The number of nitrogens with one attached hydrogen (secondary N) is 2. The third kappa shape index (κ3) is 2.88. The number of anilines is 1. The fraction of sp³-hybridized carbons (Fsp3) is 0.0400. The van der Waals surface area contributed by atoms with Crippen molar-refractivity contribution < 1.29 is 0 Å². The number of para-hydroxylation sites is 1. The first-order valence-electron chi connectivity index (χ1n) is 10.1. The van der Waals surface area contributed by atoms with Crippen LogP contribution in [0.25, 0.3) is 43.6 Å². The molecule has 0 bridgehead atoms. The Balaban J connectivity index is 1.40. The van der Waals surface area contributed by atoms with Gasteiger partial charge < -0.3 is 4.98 Å².